The molecule has 0 saturated carbocycles. The van der Waals surface area contributed by atoms with E-state index in [9.17, 15) is 10.1 Å². The van der Waals surface area contributed by atoms with Gasteiger partial charge in [-0.1, -0.05) is 0 Å². The molecule has 2 aliphatic heterocycles. The summed E-state index contributed by atoms with van der Waals surface area (Å²) in [5.41, 5.74) is 3.21. The van der Waals surface area contributed by atoms with Crippen molar-refractivity contribution in [3.63, 3.8) is 0 Å². The van der Waals surface area contributed by atoms with Crippen molar-refractivity contribution in [2.24, 2.45) is 5.10 Å². The molecule has 0 radical (unpaired) electrons. The van der Waals surface area contributed by atoms with E-state index in [1.54, 1.807) is 6.07 Å². The molecule has 1 aromatic heterocycles. The zero-order chi connectivity index (χ0) is 22.3. The van der Waals surface area contributed by atoms with Crippen LogP contribution in [0, 0.1) is 10.1 Å². The summed E-state index contributed by atoms with van der Waals surface area (Å²) in [6, 6.07) is 4.58. The van der Waals surface area contributed by atoms with Crippen molar-refractivity contribution in [3.8, 4) is 5.75 Å². The number of ether oxygens (including phenoxy) is 3. The zero-order valence-corrected chi connectivity index (χ0v) is 17.6. The van der Waals surface area contributed by atoms with E-state index in [4.69, 9.17) is 14.2 Å². The van der Waals surface area contributed by atoms with Crippen LogP contribution in [0.1, 0.15) is 5.56 Å². The SMILES string of the molecule is COc1ccc(/C=N/Nc2nc(N3CCOCC3)nc(N3CCOCC3)n2)cc1[N+](=O)[O-]. The average Bonchev–Trinajstić information content (AvgIpc) is 2.85. The third-order valence-corrected chi connectivity index (χ3v) is 4.98. The zero-order valence-electron chi connectivity index (χ0n) is 17.6. The van der Waals surface area contributed by atoms with Gasteiger partial charge in [0.15, 0.2) is 5.75 Å². The summed E-state index contributed by atoms with van der Waals surface area (Å²) in [5.74, 6) is 1.55. The Bertz CT molecular complexity index is 940. The van der Waals surface area contributed by atoms with Crippen molar-refractivity contribution in [2.75, 3.05) is 74.9 Å². The molecule has 2 saturated heterocycles. The number of hydrogen-bond donors (Lipinski definition) is 1. The highest BCUT2D eigenvalue weighted by molar-refractivity contribution is 5.82. The van der Waals surface area contributed by atoms with Crippen molar-refractivity contribution >= 4 is 29.7 Å². The van der Waals surface area contributed by atoms with E-state index in [1.807, 2.05) is 9.80 Å². The van der Waals surface area contributed by atoms with E-state index >= 15 is 0 Å². The molecule has 0 aliphatic carbocycles. The fourth-order valence-electron chi connectivity index (χ4n) is 3.31. The first-order valence-corrected chi connectivity index (χ1v) is 10.2. The molecule has 170 valence electrons. The number of nitrogens with one attached hydrogen (secondary N) is 1. The molecule has 0 unspecified atom stereocenters. The Balaban J connectivity index is 1.55. The summed E-state index contributed by atoms with van der Waals surface area (Å²) in [5, 5.41) is 15.4. The summed E-state index contributed by atoms with van der Waals surface area (Å²) in [6.45, 7) is 5.17. The van der Waals surface area contributed by atoms with Gasteiger partial charge in [-0.05, 0) is 12.1 Å². The quantitative estimate of drug-likeness (QED) is 0.370. The van der Waals surface area contributed by atoms with Crippen molar-refractivity contribution in [1.82, 2.24) is 15.0 Å². The Morgan fingerprint density at radius 3 is 2.19 bits per heavy atom. The largest absolute Gasteiger partial charge is 0.490 e. The van der Waals surface area contributed by atoms with Crippen LogP contribution in [0.4, 0.5) is 23.5 Å². The third-order valence-electron chi connectivity index (χ3n) is 4.98. The number of hydrazone groups is 1. The average molecular weight is 444 g/mol. The van der Waals surface area contributed by atoms with Crippen LogP contribution in [0.25, 0.3) is 0 Å². The Morgan fingerprint density at radius 1 is 1.06 bits per heavy atom. The van der Waals surface area contributed by atoms with Crippen molar-refractivity contribution in [3.05, 3.63) is 33.9 Å². The minimum atomic E-state index is -0.501. The second-order valence-corrected chi connectivity index (χ2v) is 7.02. The molecule has 32 heavy (non-hydrogen) atoms. The summed E-state index contributed by atoms with van der Waals surface area (Å²) >= 11 is 0. The Kier molecular flexibility index (Phi) is 6.87. The number of nitro benzene ring substituents is 1. The van der Waals surface area contributed by atoms with Gasteiger partial charge in [0, 0.05) is 37.8 Å². The van der Waals surface area contributed by atoms with Gasteiger partial charge in [-0.25, -0.2) is 5.43 Å². The predicted molar refractivity (Wildman–Crippen MR) is 117 cm³/mol. The van der Waals surface area contributed by atoms with Crippen LogP contribution in [-0.4, -0.2) is 85.8 Å². The normalized spacial score (nSPS) is 16.9. The fraction of sp³-hybridized carbons (Fsp3) is 0.474. The van der Waals surface area contributed by atoms with Crippen LogP contribution in [0.5, 0.6) is 5.75 Å². The molecule has 0 amide bonds. The highest BCUT2D eigenvalue weighted by Gasteiger charge is 2.20. The molecule has 0 atom stereocenters. The molecule has 1 N–H and O–H groups in total. The van der Waals surface area contributed by atoms with Crippen LogP contribution < -0.4 is 20.0 Å². The van der Waals surface area contributed by atoms with Gasteiger partial charge < -0.3 is 24.0 Å². The lowest BCUT2D eigenvalue weighted by Gasteiger charge is -2.30. The summed E-state index contributed by atoms with van der Waals surface area (Å²) in [7, 11) is 1.39. The van der Waals surface area contributed by atoms with E-state index in [1.165, 1.54) is 25.5 Å². The molecule has 2 aromatic rings. The number of morpholine rings is 2. The van der Waals surface area contributed by atoms with Gasteiger partial charge in [0.25, 0.3) is 0 Å². The molecule has 4 rings (SSSR count). The van der Waals surface area contributed by atoms with E-state index in [0.717, 1.165) is 0 Å². The summed E-state index contributed by atoms with van der Waals surface area (Å²) in [4.78, 5) is 28.4. The maximum Gasteiger partial charge on any atom is 0.311 e. The van der Waals surface area contributed by atoms with Crippen LogP contribution >= 0.6 is 0 Å². The lowest BCUT2D eigenvalue weighted by molar-refractivity contribution is -0.385. The molecule has 13 nitrogen and oxygen atoms in total. The molecule has 1 aromatic carbocycles. The molecule has 0 spiro atoms. The maximum absolute atomic E-state index is 11.2. The smallest absolute Gasteiger partial charge is 0.311 e. The van der Waals surface area contributed by atoms with Crippen LogP contribution in [-0.2, 0) is 9.47 Å². The molecule has 0 bridgehead atoms. The number of anilines is 3. The van der Waals surface area contributed by atoms with Gasteiger partial charge in [0.1, 0.15) is 0 Å². The van der Waals surface area contributed by atoms with Crippen LogP contribution in [0.2, 0.25) is 0 Å². The summed E-state index contributed by atoms with van der Waals surface area (Å²) < 4.78 is 15.9. The molecule has 3 heterocycles. The molecule has 2 aliphatic rings. The number of methoxy groups -OCH3 is 1. The first-order valence-electron chi connectivity index (χ1n) is 10.2. The molecular formula is C19H24N8O5. The van der Waals surface area contributed by atoms with Gasteiger partial charge in [0.05, 0.1) is 44.7 Å². The molecule has 2 fully saturated rings. The second kappa shape index (κ2) is 10.2. The lowest BCUT2D eigenvalue weighted by atomic mass is 10.2. The van der Waals surface area contributed by atoms with Crippen molar-refractivity contribution < 1.29 is 19.1 Å². The minimum absolute atomic E-state index is 0.138. The molecular weight excluding hydrogens is 420 g/mol. The van der Waals surface area contributed by atoms with Crippen molar-refractivity contribution in [2.45, 2.75) is 0 Å². The first kappa shape index (κ1) is 21.6. The van der Waals surface area contributed by atoms with E-state index in [-0.39, 0.29) is 17.4 Å². The number of aromatic nitrogens is 3. The number of benzene rings is 1. The number of nitrogens with zero attached hydrogens (tertiary/aromatic N) is 7. The van der Waals surface area contributed by atoms with Crippen molar-refractivity contribution in [1.29, 1.82) is 0 Å². The number of hydrogen-bond acceptors (Lipinski definition) is 12. The van der Waals surface area contributed by atoms with Gasteiger partial charge in [-0.2, -0.15) is 20.1 Å². The fourth-order valence-corrected chi connectivity index (χ4v) is 3.31. The van der Waals surface area contributed by atoms with E-state index < -0.39 is 4.92 Å². The highest BCUT2D eigenvalue weighted by atomic mass is 16.6. The lowest BCUT2D eigenvalue weighted by Crippen LogP contribution is -2.40. The topological polar surface area (TPSA) is 140 Å². The van der Waals surface area contributed by atoms with Gasteiger partial charge in [0.2, 0.25) is 17.8 Å². The van der Waals surface area contributed by atoms with E-state index in [0.29, 0.717) is 70.1 Å². The van der Waals surface area contributed by atoms with Crippen LogP contribution in [0.3, 0.4) is 0 Å². The van der Waals surface area contributed by atoms with Gasteiger partial charge >= 0.3 is 5.69 Å². The third kappa shape index (κ3) is 5.18. The highest BCUT2D eigenvalue weighted by Crippen LogP contribution is 2.27. The predicted octanol–water partition coefficient (Wildman–Crippen LogP) is 0.908. The number of rotatable bonds is 7. The number of nitro groups is 1. The first-order chi connectivity index (χ1) is 15.6. The van der Waals surface area contributed by atoms with E-state index in [2.05, 4.69) is 25.5 Å². The second-order valence-electron chi connectivity index (χ2n) is 7.02. The monoisotopic (exact) mass is 444 g/mol. The summed E-state index contributed by atoms with van der Waals surface area (Å²) in [6.07, 6.45) is 1.46. The van der Waals surface area contributed by atoms with Crippen LogP contribution in [0.15, 0.2) is 23.3 Å². The minimum Gasteiger partial charge on any atom is -0.490 e. The standard InChI is InChI=1S/C19H24N8O5/c1-30-16-3-2-14(12-15(16)27(28)29)13-20-24-17-21-18(25-4-8-31-9-5-25)23-19(22-17)26-6-10-32-11-7-26/h2-3,12-13H,4-11H2,1H3,(H,21,22,23,24)/b20-13+. The maximum atomic E-state index is 11.2. The molecule has 13 heteroatoms. The Labute approximate surface area is 184 Å². The van der Waals surface area contributed by atoms with Gasteiger partial charge in [-0.15, -0.1) is 0 Å². The Hall–Kier alpha value is -3.58. The van der Waals surface area contributed by atoms with Gasteiger partial charge in [-0.3, -0.25) is 10.1 Å². The Morgan fingerprint density at radius 2 is 1.66 bits per heavy atom.